The lowest BCUT2D eigenvalue weighted by Gasteiger charge is -2.36. The molecule has 29 heavy (non-hydrogen) atoms. The second-order valence-electron chi connectivity index (χ2n) is 6.97. The number of benzene rings is 3. The van der Waals surface area contributed by atoms with E-state index in [1.807, 2.05) is 42.5 Å². The molecule has 0 unspecified atom stereocenters. The SMILES string of the molecule is N#Cc1cccc(NC(=O)[C@@H]2Cc3ccccc3CN2C(=O)c2ccccc2)c1. The van der Waals surface area contributed by atoms with Crippen LogP contribution in [-0.2, 0) is 17.8 Å². The molecule has 4 rings (SSSR count). The number of amides is 2. The number of rotatable bonds is 3. The predicted octanol–water partition coefficient (Wildman–Crippen LogP) is 3.76. The lowest BCUT2D eigenvalue weighted by atomic mass is 9.92. The van der Waals surface area contributed by atoms with Crippen LogP contribution in [-0.4, -0.2) is 22.8 Å². The number of carbonyl (C=O) groups is 2. The zero-order valence-corrected chi connectivity index (χ0v) is 15.7. The first kappa shape index (κ1) is 18.5. The highest BCUT2D eigenvalue weighted by Gasteiger charge is 2.35. The Hall–Kier alpha value is -3.91. The summed E-state index contributed by atoms with van der Waals surface area (Å²) in [5.41, 5.74) is 3.67. The number of hydrogen-bond donors (Lipinski definition) is 1. The molecule has 1 atom stereocenters. The highest BCUT2D eigenvalue weighted by atomic mass is 16.2. The normalized spacial score (nSPS) is 15.1. The molecule has 1 heterocycles. The first-order valence-electron chi connectivity index (χ1n) is 9.39. The van der Waals surface area contributed by atoms with Crippen molar-refractivity contribution in [2.45, 2.75) is 19.0 Å². The summed E-state index contributed by atoms with van der Waals surface area (Å²) in [6.07, 6.45) is 0.443. The van der Waals surface area contributed by atoms with Gasteiger partial charge in [0, 0.05) is 24.2 Å². The maximum absolute atomic E-state index is 13.2. The average Bonchev–Trinajstić information content (AvgIpc) is 2.78. The van der Waals surface area contributed by atoms with Crippen LogP contribution >= 0.6 is 0 Å². The third kappa shape index (κ3) is 3.87. The molecular weight excluding hydrogens is 362 g/mol. The highest BCUT2D eigenvalue weighted by Crippen LogP contribution is 2.26. The summed E-state index contributed by atoms with van der Waals surface area (Å²) >= 11 is 0. The lowest BCUT2D eigenvalue weighted by Crippen LogP contribution is -2.50. The molecule has 5 heteroatoms. The predicted molar refractivity (Wildman–Crippen MR) is 110 cm³/mol. The van der Waals surface area contributed by atoms with Gasteiger partial charge in [-0.1, -0.05) is 48.5 Å². The van der Waals surface area contributed by atoms with Crippen LogP contribution in [0.15, 0.2) is 78.9 Å². The minimum Gasteiger partial charge on any atom is -0.324 e. The van der Waals surface area contributed by atoms with Crippen molar-refractivity contribution < 1.29 is 9.59 Å². The van der Waals surface area contributed by atoms with Crippen molar-refractivity contribution in [3.8, 4) is 6.07 Å². The van der Waals surface area contributed by atoms with Gasteiger partial charge < -0.3 is 10.2 Å². The first-order valence-corrected chi connectivity index (χ1v) is 9.39. The van der Waals surface area contributed by atoms with Crippen LogP contribution in [0.5, 0.6) is 0 Å². The summed E-state index contributed by atoms with van der Waals surface area (Å²) in [6, 6.07) is 25.1. The summed E-state index contributed by atoms with van der Waals surface area (Å²) in [6.45, 7) is 0.375. The van der Waals surface area contributed by atoms with Crippen molar-refractivity contribution in [3.63, 3.8) is 0 Å². The Labute approximate surface area is 169 Å². The molecule has 2 amide bonds. The van der Waals surface area contributed by atoms with Crippen molar-refractivity contribution >= 4 is 17.5 Å². The fourth-order valence-corrected chi connectivity index (χ4v) is 3.61. The molecule has 142 valence electrons. The molecule has 0 spiro atoms. The Morgan fingerprint density at radius 2 is 1.66 bits per heavy atom. The molecule has 3 aromatic carbocycles. The summed E-state index contributed by atoms with van der Waals surface area (Å²) in [4.78, 5) is 27.9. The molecule has 0 aromatic heterocycles. The smallest absolute Gasteiger partial charge is 0.254 e. The zero-order chi connectivity index (χ0) is 20.2. The number of nitrogens with zero attached hydrogens (tertiary/aromatic N) is 2. The van der Waals surface area contributed by atoms with Crippen molar-refractivity contribution in [3.05, 3.63) is 101 Å². The Morgan fingerprint density at radius 3 is 2.41 bits per heavy atom. The zero-order valence-electron chi connectivity index (χ0n) is 15.7. The van der Waals surface area contributed by atoms with E-state index in [0.29, 0.717) is 29.8 Å². The van der Waals surface area contributed by atoms with Crippen LogP contribution in [0.4, 0.5) is 5.69 Å². The largest absolute Gasteiger partial charge is 0.324 e. The van der Waals surface area contributed by atoms with E-state index in [-0.39, 0.29) is 11.8 Å². The van der Waals surface area contributed by atoms with Crippen LogP contribution < -0.4 is 5.32 Å². The lowest BCUT2D eigenvalue weighted by molar-refractivity contribution is -0.121. The van der Waals surface area contributed by atoms with Crippen molar-refractivity contribution in [1.29, 1.82) is 5.26 Å². The van der Waals surface area contributed by atoms with E-state index in [9.17, 15) is 9.59 Å². The Balaban J connectivity index is 1.65. The number of nitrogens with one attached hydrogen (secondary N) is 1. The summed E-state index contributed by atoms with van der Waals surface area (Å²) in [5, 5.41) is 11.9. The molecule has 1 N–H and O–H groups in total. The maximum Gasteiger partial charge on any atom is 0.254 e. The molecule has 0 aliphatic carbocycles. The Morgan fingerprint density at radius 1 is 0.931 bits per heavy atom. The molecule has 0 saturated heterocycles. The van der Waals surface area contributed by atoms with Gasteiger partial charge in [-0.05, 0) is 41.5 Å². The van der Waals surface area contributed by atoms with Gasteiger partial charge in [0.05, 0.1) is 11.6 Å². The third-order valence-corrected chi connectivity index (χ3v) is 5.09. The van der Waals surface area contributed by atoms with E-state index >= 15 is 0 Å². The van der Waals surface area contributed by atoms with Crippen molar-refractivity contribution in [2.75, 3.05) is 5.32 Å². The number of anilines is 1. The van der Waals surface area contributed by atoms with E-state index in [4.69, 9.17) is 5.26 Å². The number of fused-ring (bicyclic) bond motifs is 1. The van der Waals surface area contributed by atoms with E-state index in [1.54, 1.807) is 41.3 Å². The van der Waals surface area contributed by atoms with E-state index in [2.05, 4.69) is 11.4 Å². The minimum absolute atomic E-state index is 0.175. The maximum atomic E-state index is 13.2. The van der Waals surface area contributed by atoms with Gasteiger partial charge in [-0.2, -0.15) is 5.26 Å². The molecule has 5 nitrogen and oxygen atoms in total. The van der Waals surface area contributed by atoms with Crippen LogP contribution in [0.25, 0.3) is 0 Å². The molecule has 3 aromatic rings. The van der Waals surface area contributed by atoms with Gasteiger partial charge in [0.15, 0.2) is 0 Å². The second kappa shape index (κ2) is 7.99. The van der Waals surface area contributed by atoms with E-state index in [0.717, 1.165) is 11.1 Å². The van der Waals surface area contributed by atoms with E-state index < -0.39 is 6.04 Å². The second-order valence-corrected chi connectivity index (χ2v) is 6.97. The molecule has 0 saturated carbocycles. The van der Waals surface area contributed by atoms with Crippen molar-refractivity contribution in [2.24, 2.45) is 0 Å². The Bertz CT molecular complexity index is 1100. The fraction of sp³-hybridized carbons (Fsp3) is 0.125. The van der Waals surface area contributed by atoms with Gasteiger partial charge in [0.1, 0.15) is 6.04 Å². The average molecular weight is 381 g/mol. The molecule has 1 aliphatic heterocycles. The van der Waals surface area contributed by atoms with Gasteiger partial charge in [0.2, 0.25) is 5.91 Å². The topological polar surface area (TPSA) is 73.2 Å². The van der Waals surface area contributed by atoms with E-state index in [1.165, 1.54) is 0 Å². The fourth-order valence-electron chi connectivity index (χ4n) is 3.61. The summed E-state index contributed by atoms with van der Waals surface area (Å²) < 4.78 is 0. The van der Waals surface area contributed by atoms with Gasteiger partial charge in [-0.15, -0.1) is 0 Å². The van der Waals surface area contributed by atoms with Crippen LogP contribution in [0.3, 0.4) is 0 Å². The minimum atomic E-state index is -0.636. The molecule has 1 aliphatic rings. The van der Waals surface area contributed by atoms with Gasteiger partial charge in [-0.25, -0.2) is 0 Å². The summed E-state index contributed by atoms with van der Waals surface area (Å²) in [5.74, 6) is -0.440. The highest BCUT2D eigenvalue weighted by molar-refractivity contribution is 6.01. The first-order chi connectivity index (χ1) is 14.2. The van der Waals surface area contributed by atoms with Gasteiger partial charge in [-0.3, -0.25) is 9.59 Å². The third-order valence-electron chi connectivity index (χ3n) is 5.09. The molecule has 0 bridgehead atoms. The van der Waals surface area contributed by atoms with Gasteiger partial charge >= 0.3 is 0 Å². The van der Waals surface area contributed by atoms with Crippen LogP contribution in [0.2, 0.25) is 0 Å². The Kier molecular flexibility index (Phi) is 5.08. The number of hydrogen-bond acceptors (Lipinski definition) is 3. The van der Waals surface area contributed by atoms with Crippen molar-refractivity contribution in [1.82, 2.24) is 4.90 Å². The number of carbonyl (C=O) groups excluding carboxylic acids is 2. The number of nitriles is 1. The molecule has 0 fully saturated rings. The standard InChI is InChI=1S/C24H19N3O2/c25-15-17-7-6-12-21(13-17)26-23(28)22-14-19-10-4-5-11-20(19)16-27(22)24(29)18-8-2-1-3-9-18/h1-13,22H,14,16H2,(H,26,28)/t22-/m0/s1. The molecule has 0 radical (unpaired) electrons. The molecular formula is C24H19N3O2. The van der Waals surface area contributed by atoms with Gasteiger partial charge in [0.25, 0.3) is 5.91 Å². The summed E-state index contributed by atoms with van der Waals surface area (Å²) in [7, 11) is 0. The monoisotopic (exact) mass is 381 g/mol. The van der Waals surface area contributed by atoms with Crippen LogP contribution in [0.1, 0.15) is 27.0 Å². The quantitative estimate of drug-likeness (QED) is 0.751. The van der Waals surface area contributed by atoms with Crippen LogP contribution in [0, 0.1) is 11.3 Å².